The first-order valence-corrected chi connectivity index (χ1v) is 9.84. The van der Waals surface area contributed by atoms with Gasteiger partial charge in [0.15, 0.2) is 5.96 Å². The third-order valence-electron chi connectivity index (χ3n) is 4.44. The van der Waals surface area contributed by atoms with Crippen LogP contribution in [-0.2, 0) is 4.79 Å². The lowest BCUT2D eigenvalue weighted by atomic mass is 10.2. The SMILES string of the molecule is CCNC(=NCC(CC)Oc1cccc(F)c1)NCCC(=O)N1CCCC1. The summed E-state index contributed by atoms with van der Waals surface area (Å²) in [4.78, 5) is 18.6. The lowest BCUT2D eigenvalue weighted by molar-refractivity contribution is -0.129. The van der Waals surface area contributed by atoms with E-state index in [4.69, 9.17) is 4.74 Å². The predicted octanol–water partition coefficient (Wildman–Crippen LogP) is 2.55. The number of likely N-dealkylation sites (tertiary alicyclic amines) is 1. The number of ether oxygens (including phenoxy) is 1. The number of nitrogens with zero attached hydrogens (tertiary/aromatic N) is 2. The van der Waals surface area contributed by atoms with Gasteiger partial charge in [0.05, 0.1) is 6.54 Å². The Kier molecular flexibility index (Phi) is 8.87. The van der Waals surface area contributed by atoms with Gasteiger partial charge in [0, 0.05) is 38.7 Å². The van der Waals surface area contributed by atoms with Gasteiger partial charge in [-0.15, -0.1) is 0 Å². The quantitative estimate of drug-likeness (QED) is 0.512. The maximum atomic E-state index is 13.3. The number of carbonyl (C=O) groups excluding carboxylic acids is 1. The largest absolute Gasteiger partial charge is 0.488 e. The van der Waals surface area contributed by atoms with E-state index in [2.05, 4.69) is 15.6 Å². The maximum Gasteiger partial charge on any atom is 0.224 e. The van der Waals surface area contributed by atoms with Crippen LogP contribution in [0, 0.1) is 5.82 Å². The van der Waals surface area contributed by atoms with Crippen molar-refractivity contribution in [3.05, 3.63) is 30.1 Å². The molecular formula is C20H31FN4O2. The second kappa shape index (κ2) is 11.4. The number of aliphatic imine (C=N–C) groups is 1. The van der Waals surface area contributed by atoms with Gasteiger partial charge in [0.1, 0.15) is 17.7 Å². The molecule has 1 atom stereocenters. The summed E-state index contributed by atoms with van der Waals surface area (Å²) < 4.78 is 19.1. The molecule has 0 aromatic heterocycles. The third-order valence-corrected chi connectivity index (χ3v) is 4.44. The molecule has 1 saturated heterocycles. The van der Waals surface area contributed by atoms with Gasteiger partial charge in [-0.05, 0) is 38.3 Å². The molecule has 1 amide bonds. The zero-order chi connectivity index (χ0) is 19.5. The number of hydrogen-bond donors (Lipinski definition) is 2. The van der Waals surface area contributed by atoms with Crippen molar-refractivity contribution in [1.82, 2.24) is 15.5 Å². The fraction of sp³-hybridized carbons (Fsp3) is 0.600. The Balaban J connectivity index is 1.82. The molecule has 1 fully saturated rings. The smallest absolute Gasteiger partial charge is 0.224 e. The van der Waals surface area contributed by atoms with Crippen molar-refractivity contribution < 1.29 is 13.9 Å². The topological polar surface area (TPSA) is 66.0 Å². The van der Waals surface area contributed by atoms with E-state index in [1.807, 2.05) is 18.7 Å². The molecule has 2 N–H and O–H groups in total. The highest BCUT2D eigenvalue weighted by Crippen LogP contribution is 2.15. The predicted molar refractivity (Wildman–Crippen MR) is 106 cm³/mol. The molecule has 1 unspecified atom stereocenters. The normalized spacial score (nSPS) is 15.5. The van der Waals surface area contributed by atoms with Crippen LogP contribution in [-0.4, -0.2) is 55.6 Å². The molecule has 0 bridgehead atoms. The average molecular weight is 378 g/mol. The van der Waals surface area contributed by atoms with Gasteiger partial charge in [-0.2, -0.15) is 0 Å². The van der Waals surface area contributed by atoms with Crippen LogP contribution in [0.5, 0.6) is 5.75 Å². The molecule has 0 aliphatic carbocycles. The highest BCUT2D eigenvalue weighted by Gasteiger charge is 2.17. The Bertz CT molecular complexity index is 618. The molecule has 27 heavy (non-hydrogen) atoms. The summed E-state index contributed by atoms with van der Waals surface area (Å²) in [5.41, 5.74) is 0. The van der Waals surface area contributed by atoms with E-state index in [9.17, 15) is 9.18 Å². The second-order valence-corrected chi connectivity index (χ2v) is 6.59. The fourth-order valence-electron chi connectivity index (χ4n) is 2.93. The molecule has 7 heteroatoms. The summed E-state index contributed by atoms with van der Waals surface area (Å²) in [5, 5.41) is 6.38. The van der Waals surface area contributed by atoms with Gasteiger partial charge in [0.25, 0.3) is 0 Å². The molecule has 1 aromatic carbocycles. The van der Waals surface area contributed by atoms with E-state index >= 15 is 0 Å². The van der Waals surface area contributed by atoms with Crippen molar-refractivity contribution in [3.8, 4) is 5.75 Å². The molecular weight excluding hydrogens is 347 g/mol. The van der Waals surface area contributed by atoms with Crippen LogP contribution in [0.1, 0.15) is 39.5 Å². The minimum Gasteiger partial charge on any atom is -0.488 e. The van der Waals surface area contributed by atoms with Gasteiger partial charge in [0.2, 0.25) is 5.91 Å². The summed E-state index contributed by atoms with van der Waals surface area (Å²) in [7, 11) is 0. The van der Waals surface area contributed by atoms with Crippen molar-refractivity contribution >= 4 is 11.9 Å². The number of nitrogens with one attached hydrogen (secondary N) is 2. The van der Waals surface area contributed by atoms with E-state index in [1.54, 1.807) is 12.1 Å². The summed E-state index contributed by atoms with van der Waals surface area (Å²) in [6, 6.07) is 6.13. The van der Waals surface area contributed by atoms with Crippen molar-refractivity contribution in [2.75, 3.05) is 32.7 Å². The van der Waals surface area contributed by atoms with Crippen LogP contribution < -0.4 is 15.4 Å². The van der Waals surface area contributed by atoms with E-state index in [-0.39, 0.29) is 17.8 Å². The molecule has 1 aliphatic rings. The Morgan fingerprint density at radius 2 is 2.07 bits per heavy atom. The number of hydrogen-bond acceptors (Lipinski definition) is 3. The number of carbonyl (C=O) groups is 1. The molecule has 0 saturated carbocycles. The van der Waals surface area contributed by atoms with E-state index in [0.717, 1.165) is 38.9 Å². The zero-order valence-electron chi connectivity index (χ0n) is 16.3. The van der Waals surface area contributed by atoms with Crippen LogP contribution in [0.15, 0.2) is 29.3 Å². The lowest BCUT2D eigenvalue weighted by Crippen LogP contribution is -2.40. The number of rotatable bonds is 9. The molecule has 1 aromatic rings. The van der Waals surface area contributed by atoms with Gasteiger partial charge >= 0.3 is 0 Å². The van der Waals surface area contributed by atoms with E-state index in [0.29, 0.717) is 31.2 Å². The highest BCUT2D eigenvalue weighted by atomic mass is 19.1. The van der Waals surface area contributed by atoms with Crippen LogP contribution >= 0.6 is 0 Å². The maximum absolute atomic E-state index is 13.3. The van der Waals surface area contributed by atoms with Crippen LogP contribution in [0.4, 0.5) is 4.39 Å². The average Bonchev–Trinajstić information content (AvgIpc) is 3.19. The number of guanidine groups is 1. The molecule has 0 radical (unpaired) electrons. The summed E-state index contributed by atoms with van der Waals surface area (Å²) in [5.74, 6) is 1.04. The molecule has 6 nitrogen and oxygen atoms in total. The summed E-state index contributed by atoms with van der Waals surface area (Å²) >= 11 is 0. The summed E-state index contributed by atoms with van der Waals surface area (Å²) in [6.45, 7) is 7.48. The van der Waals surface area contributed by atoms with Crippen molar-refractivity contribution in [1.29, 1.82) is 0 Å². The first-order chi connectivity index (χ1) is 13.1. The van der Waals surface area contributed by atoms with Gasteiger partial charge in [-0.1, -0.05) is 13.0 Å². The van der Waals surface area contributed by atoms with Crippen molar-refractivity contribution in [3.63, 3.8) is 0 Å². The number of halogens is 1. The van der Waals surface area contributed by atoms with E-state index < -0.39 is 0 Å². The molecule has 0 spiro atoms. The van der Waals surface area contributed by atoms with E-state index in [1.165, 1.54) is 12.1 Å². The molecule has 1 aliphatic heterocycles. The van der Waals surface area contributed by atoms with Crippen LogP contribution in [0.2, 0.25) is 0 Å². The van der Waals surface area contributed by atoms with Crippen LogP contribution in [0.25, 0.3) is 0 Å². The molecule has 2 rings (SSSR count). The molecule has 1 heterocycles. The van der Waals surface area contributed by atoms with Gasteiger partial charge in [-0.3, -0.25) is 4.79 Å². The third kappa shape index (κ3) is 7.45. The first-order valence-electron chi connectivity index (χ1n) is 9.84. The van der Waals surface area contributed by atoms with Gasteiger partial charge in [-0.25, -0.2) is 9.38 Å². The highest BCUT2D eigenvalue weighted by molar-refractivity contribution is 5.81. The summed E-state index contributed by atoms with van der Waals surface area (Å²) in [6.07, 6.45) is 3.28. The Labute approximate surface area is 161 Å². The van der Waals surface area contributed by atoms with Crippen LogP contribution in [0.3, 0.4) is 0 Å². The Morgan fingerprint density at radius 3 is 2.74 bits per heavy atom. The monoisotopic (exact) mass is 378 g/mol. The standard InChI is InChI=1S/C20H31FN4O2/c1-3-17(27-18-9-7-8-16(21)14-18)15-24-20(22-4-2)23-11-10-19(26)25-12-5-6-13-25/h7-9,14,17H,3-6,10-13,15H2,1-2H3,(H2,22,23,24). The van der Waals surface area contributed by atoms with Crippen molar-refractivity contribution in [2.45, 2.75) is 45.6 Å². The Morgan fingerprint density at radius 1 is 1.30 bits per heavy atom. The first kappa shape index (κ1) is 21.0. The minimum atomic E-state index is -0.316. The number of benzene rings is 1. The Hall–Kier alpha value is -2.31. The van der Waals surface area contributed by atoms with Crippen molar-refractivity contribution in [2.24, 2.45) is 4.99 Å². The number of amides is 1. The fourth-order valence-corrected chi connectivity index (χ4v) is 2.93. The van der Waals surface area contributed by atoms with Gasteiger partial charge < -0.3 is 20.3 Å². The zero-order valence-corrected chi connectivity index (χ0v) is 16.3. The lowest BCUT2D eigenvalue weighted by Gasteiger charge is -2.18. The second-order valence-electron chi connectivity index (χ2n) is 6.59. The molecule has 150 valence electrons. The minimum absolute atomic E-state index is 0.145.